The van der Waals surface area contributed by atoms with Crippen LogP contribution in [-0.4, -0.2) is 20.0 Å². The Morgan fingerprint density at radius 2 is 1.65 bits per heavy atom. The first kappa shape index (κ1) is 15.0. The Kier molecular flexibility index (Phi) is 4.48. The van der Waals surface area contributed by atoms with E-state index in [1.807, 2.05) is 0 Å². The zero-order valence-corrected chi connectivity index (χ0v) is 12.5. The molecule has 0 bridgehead atoms. The van der Waals surface area contributed by atoms with Crippen LogP contribution in [0, 0.1) is 0 Å². The van der Waals surface area contributed by atoms with E-state index in [1.165, 1.54) is 30.3 Å². The molecule has 0 aliphatic heterocycles. The third-order valence-electron chi connectivity index (χ3n) is 2.65. The summed E-state index contributed by atoms with van der Waals surface area (Å²) in [7, 11) is -3.69. The number of sulfone groups is 1. The van der Waals surface area contributed by atoms with Gasteiger partial charge in [-0.1, -0.05) is 41.4 Å². The third-order valence-corrected chi connectivity index (χ3v) is 4.85. The molecule has 2 aromatic rings. The summed E-state index contributed by atoms with van der Waals surface area (Å²) in [5.41, 5.74) is 0.110. The van der Waals surface area contributed by atoms with Crippen LogP contribution >= 0.6 is 23.2 Å². The Morgan fingerprint density at radius 1 is 1.00 bits per heavy atom. The normalized spacial score (nSPS) is 11.3. The highest BCUT2D eigenvalue weighted by Gasteiger charge is 2.21. The molecule has 0 unspecified atom stereocenters. The number of hydrogen-bond acceptors (Lipinski definition) is 3. The molecular weight excluding hydrogens is 319 g/mol. The summed E-state index contributed by atoms with van der Waals surface area (Å²) >= 11 is 11.7. The molecule has 0 aliphatic carbocycles. The molecule has 0 fully saturated rings. The first-order valence-electron chi connectivity index (χ1n) is 5.66. The van der Waals surface area contributed by atoms with Crippen molar-refractivity contribution in [1.29, 1.82) is 0 Å². The van der Waals surface area contributed by atoms with Gasteiger partial charge in [0.25, 0.3) is 0 Å². The number of carbonyl (C=O) groups is 1. The first-order chi connectivity index (χ1) is 9.40. The van der Waals surface area contributed by atoms with E-state index in [1.54, 1.807) is 18.2 Å². The second kappa shape index (κ2) is 5.95. The molecule has 2 rings (SSSR count). The fourth-order valence-electron chi connectivity index (χ4n) is 1.67. The van der Waals surface area contributed by atoms with Gasteiger partial charge < -0.3 is 0 Å². The van der Waals surface area contributed by atoms with Gasteiger partial charge in [-0.3, -0.25) is 4.79 Å². The van der Waals surface area contributed by atoms with Gasteiger partial charge in [0.2, 0.25) is 0 Å². The third kappa shape index (κ3) is 3.39. The average molecular weight is 329 g/mol. The monoisotopic (exact) mass is 328 g/mol. The standard InChI is InChI=1S/C14H10Cl2O3S/c15-10-6-7-13(16)12(8-10)14(17)9-20(18,19)11-4-2-1-3-5-11/h1-8H,9H2. The molecule has 0 saturated carbocycles. The number of benzene rings is 2. The average Bonchev–Trinajstić information content (AvgIpc) is 2.42. The topological polar surface area (TPSA) is 51.2 Å². The van der Waals surface area contributed by atoms with Crippen LogP contribution in [0.1, 0.15) is 10.4 Å². The fourth-order valence-corrected chi connectivity index (χ4v) is 3.31. The van der Waals surface area contributed by atoms with Gasteiger partial charge in [0.1, 0.15) is 5.75 Å². The predicted octanol–water partition coefficient (Wildman–Crippen LogP) is 3.65. The summed E-state index contributed by atoms with van der Waals surface area (Å²) in [4.78, 5) is 12.2. The van der Waals surface area contributed by atoms with Gasteiger partial charge >= 0.3 is 0 Å². The lowest BCUT2D eigenvalue weighted by molar-refractivity contribution is 0.102. The molecular formula is C14H10Cl2O3S. The van der Waals surface area contributed by atoms with Crippen LogP contribution in [0.3, 0.4) is 0 Å². The smallest absolute Gasteiger partial charge is 0.185 e. The second-order valence-electron chi connectivity index (χ2n) is 4.12. The number of carbonyl (C=O) groups excluding carboxylic acids is 1. The van der Waals surface area contributed by atoms with Crippen LogP contribution in [0.15, 0.2) is 53.4 Å². The fraction of sp³-hybridized carbons (Fsp3) is 0.0714. The van der Waals surface area contributed by atoms with E-state index in [9.17, 15) is 13.2 Å². The summed E-state index contributed by atoms with van der Waals surface area (Å²) in [5.74, 6) is -1.22. The second-order valence-corrected chi connectivity index (χ2v) is 6.95. The van der Waals surface area contributed by atoms with Gasteiger partial charge in [-0.25, -0.2) is 8.42 Å². The van der Waals surface area contributed by atoms with Crippen LogP contribution < -0.4 is 0 Å². The summed E-state index contributed by atoms with van der Waals surface area (Å²) in [6, 6.07) is 12.2. The van der Waals surface area contributed by atoms with Gasteiger partial charge in [0, 0.05) is 10.6 Å². The largest absolute Gasteiger partial charge is 0.293 e. The molecule has 104 valence electrons. The van der Waals surface area contributed by atoms with Gasteiger partial charge in [-0.05, 0) is 30.3 Å². The number of hydrogen-bond donors (Lipinski definition) is 0. The predicted molar refractivity (Wildman–Crippen MR) is 79.3 cm³/mol. The van der Waals surface area contributed by atoms with E-state index in [4.69, 9.17) is 23.2 Å². The maximum Gasteiger partial charge on any atom is 0.185 e. The lowest BCUT2D eigenvalue weighted by atomic mass is 10.1. The maximum absolute atomic E-state index is 12.1. The Morgan fingerprint density at radius 3 is 2.30 bits per heavy atom. The van der Waals surface area contributed by atoms with E-state index in [2.05, 4.69) is 0 Å². The van der Waals surface area contributed by atoms with Crippen molar-refractivity contribution in [2.24, 2.45) is 0 Å². The highest BCUT2D eigenvalue weighted by molar-refractivity contribution is 7.92. The minimum atomic E-state index is -3.69. The van der Waals surface area contributed by atoms with E-state index in [-0.39, 0.29) is 15.5 Å². The Balaban J connectivity index is 2.30. The number of ketones is 1. The molecule has 0 spiro atoms. The van der Waals surface area contributed by atoms with E-state index in [0.717, 1.165) is 0 Å². The molecule has 3 nitrogen and oxygen atoms in total. The lowest BCUT2D eigenvalue weighted by Crippen LogP contribution is -2.16. The summed E-state index contributed by atoms with van der Waals surface area (Å²) in [6.45, 7) is 0. The molecule has 0 aliphatic rings. The Bertz CT molecular complexity index is 740. The van der Waals surface area contributed by atoms with Gasteiger partial charge in [-0.15, -0.1) is 0 Å². The van der Waals surface area contributed by atoms with Crippen molar-refractivity contribution >= 4 is 38.8 Å². The quantitative estimate of drug-likeness (QED) is 0.805. The van der Waals surface area contributed by atoms with Crippen LogP contribution in [-0.2, 0) is 9.84 Å². The summed E-state index contributed by atoms with van der Waals surface area (Å²) in [5, 5.41) is 0.512. The van der Waals surface area contributed by atoms with Crippen LogP contribution in [0.4, 0.5) is 0 Å². The van der Waals surface area contributed by atoms with Crippen molar-refractivity contribution in [1.82, 2.24) is 0 Å². The maximum atomic E-state index is 12.1. The number of rotatable bonds is 4. The van der Waals surface area contributed by atoms with E-state index >= 15 is 0 Å². The zero-order chi connectivity index (χ0) is 14.8. The SMILES string of the molecule is O=C(CS(=O)(=O)c1ccccc1)c1cc(Cl)ccc1Cl. The molecule has 6 heteroatoms. The molecule has 0 N–H and O–H groups in total. The van der Waals surface area contributed by atoms with Gasteiger partial charge in [-0.2, -0.15) is 0 Å². The minimum absolute atomic E-state index is 0.103. The number of Topliss-reactive ketones (excluding diaryl/α,β-unsaturated/α-hetero) is 1. The zero-order valence-electron chi connectivity index (χ0n) is 10.2. The first-order valence-corrected chi connectivity index (χ1v) is 8.07. The Labute approximate surface area is 127 Å². The van der Waals surface area contributed by atoms with Crippen molar-refractivity contribution in [3.63, 3.8) is 0 Å². The summed E-state index contributed by atoms with van der Waals surface area (Å²) in [6.07, 6.45) is 0. The van der Waals surface area contributed by atoms with Crippen LogP contribution in [0.2, 0.25) is 10.0 Å². The summed E-state index contributed by atoms with van der Waals surface area (Å²) < 4.78 is 24.2. The Hall–Kier alpha value is -1.36. The molecule has 2 aromatic carbocycles. The molecule has 0 saturated heterocycles. The van der Waals surface area contributed by atoms with Crippen LogP contribution in [0.5, 0.6) is 0 Å². The van der Waals surface area contributed by atoms with Gasteiger partial charge in [0.15, 0.2) is 15.6 Å². The van der Waals surface area contributed by atoms with Crippen molar-refractivity contribution < 1.29 is 13.2 Å². The molecule has 20 heavy (non-hydrogen) atoms. The highest BCUT2D eigenvalue weighted by Crippen LogP contribution is 2.22. The van der Waals surface area contributed by atoms with Crippen molar-refractivity contribution in [2.75, 3.05) is 5.75 Å². The molecule has 0 radical (unpaired) electrons. The molecule has 0 atom stereocenters. The number of halogens is 2. The van der Waals surface area contributed by atoms with E-state index < -0.39 is 21.4 Å². The van der Waals surface area contributed by atoms with Crippen molar-refractivity contribution in [3.05, 3.63) is 64.1 Å². The molecule has 0 aromatic heterocycles. The minimum Gasteiger partial charge on any atom is -0.293 e. The van der Waals surface area contributed by atoms with Gasteiger partial charge in [0.05, 0.1) is 9.92 Å². The van der Waals surface area contributed by atoms with Crippen molar-refractivity contribution in [3.8, 4) is 0 Å². The molecule has 0 amide bonds. The molecule has 0 heterocycles. The van der Waals surface area contributed by atoms with Crippen molar-refractivity contribution in [2.45, 2.75) is 4.90 Å². The highest BCUT2D eigenvalue weighted by atomic mass is 35.5. The van der Waals surface area contributed by atoms with E-state index in [0.29, 0.717) is 5.02 Å². The van der Waals surface area contributed by atoms with Crippen LogP contribution in [0.25, 0.3) is 0 Å². The lowest BCUT2D eigenvalue weighted by Gasteiger charge is -2.06.